The number of rotatable bonds is 6. The highest BCUT2D eigenvalue weighted by molar-refractivity contribution is 6.13. The molecule has 0 radical (unpaired) electrons. The summed E-state index contributed by atoms with van der Waals surface area (Å²) in [7, 11) is 2.80. The van der Waals surface area contributed by atoms with E-state index in [1.807, 2.05) is 0 Å². The number of urea groups is 1. The van der Waals surface area contributed by atoms with Gasteiger partial charge < -0.3 is 20.1 Å². The molecule has 0 aliphatic carbocycles. The summed E-state index contributed by atoms with van der Waals surface area (Å²) in [6.45, 7) is -0.353. The number of carbonyl (C=O) groups is 3. The van der Waals surface area contributed by atoms with Gasteiger partial charge in [0.1, 0.15) is 11.5 Å². The number of nitrogens with one attached hydrogen (secondary N) is 2. The van der Waals surface area contributed by atoms with Crippen molar-refractivity contribution in [3.8, 4) is 11.5 Å². The summed E-state index contributed by atoms with van der Waals surface area (Å²) in [5.41, 5.74) is 0.939. The molecule has 9 heteroatoms. The van der Waals surface area contributed by atoms with Crippen molar-refractivity contribution in [2.45, 2.75) is 0 Å². The Morgan fingerprint density at radius 3 is 2.55 bits per heavy atom. The molecule has 8 nitrogen and oxygen atoms in total. The first kappa shape index (κ1) is 19.9. The van der Waals surface area contributed by atoms with Crippen LogP contribution in [0.3, 0.4) is 0 Å². The maximum atomic E-state index is 13.0. The Hall–Kier alpha value is -3.88. The molecule has 1 fully saturated rings. The van der Waals surface area contributed by atoms with E-state index in [0.717, 1.165) is 4.90 Å². The number of hydrogen-bond donors (Lipinski definition) is 2. The van der Waals surface area contributed by atoms with Crippen LogP contribution in [0.1, 0.15) is 5.56 Å². The lowest BCUT2D eigenvalue weighted by Crippen LogP contribution is -2.25. The molecule has 1 saturated heterocycles. The van der Waals surface area contributed by atoms with E-state index in [-0.39, 0.29) is 18.1 Å². The molecule has 0 aromatic heterocycles. The van der Waals surface area contributed by atoms with Gasteiger partial charge in [-0.05, 0) is 36.4 Å². The second kappa shape index (κ2) is 8.42. The Kier molecular flexibility index (Phi) is 5.77. The largest absolute Gasteiger partial charge is 0.493 e. The summed E-state index contributed by atoms with van der Waals surface area (Å²) in [5, 5.41) is 5.04. The molecule has 2 aromatic rings. The average Bonchev–Trinajstić information content (AvgIpc) is 2.95. The first-order valence-electron chi connectivity index (χ1n) is 8.55. The lowest BCUT2D eigenvalue weighted by Gasteiger charge is -2.14. The molecule has 1 aliphatic heterocycles. The molecule has 2 N–H and O–H groups in total. The fraction of sp³-hybridized carbons (Fsp3) is 0.150. The van der Waals surface area contributed by atoms with Crippen molar-refractivity contribution in [1.29, 1.82) is 0 Å². The molecule has 1 aliphatic rings. The lowest BCUT2D eigenvalue weighted by molar-refractivity contribution is -0.122. The maximum absolute atomic E-state index is 13.0. The van der Waals surface area contributed by atoms with E-state index in [2.05, 4.69) is 10.6 Å². The molecule has 1 heterocycles. The van der Waals surface area contributed by atoms with Crippen LogP contribution in [-0.2, 0) is 9.59 Å². The predicted octanol–water partition coefficient (Wildman–Crippen LogP) is 2.37. The summed E-state index contributed by atoms with van der Waals surface area (Å²) < 4.78 is 23.9. The summed E-state index contributed by atoms with van der Waals surface area (Å²) in [4.78, 5) is 36.8. The van der Waals surface area contributed by atoms with Crippen LogP contribution in [0.4, 0.5) is 14.9 Å². The number of hydrogen-bond acceptors (Lipinski definition) is 5. The second-order valence-electron chi connectivity index (χ2n) is 6.07. The van der Waals surface area contributed by atoms with Crippen molar-refractivity contribution in [2.24, 2.45) is 0 Å². The van der Waals surface area contributed by atoms with Crippen molar-refractivity contribution < 1.29 is 28.2 Å². The monoisotopic (exact) mass is 399 g/mol. The van der Waals surface area contributed by atoms with Crippen LogP contribution in [0, 0.1) is 5.82 Å². The number of amides is 4. The van der Waals surface area contributed by atoms with Gasteiger partial charge in [0.25, 0.3) is 11.8 Å². The SMILES string of the molecule is COc1cccc(/C=C2/NC(=O)N(C)C2=O)c1OCC(=O)Nc1ccc(F)cc1. The van der Waals surface area contributed by atoms with Gasteiger partial charge in [-0.1, -0.05) is 12.1 Å². The second-order valence-corrected chi connectivity index (χ2v) is 6.07. The van der Waals surface area contributed by atoms with Gasteiger partial charge in [0.2, 0.25) is 0 Å². The van der Waals surface area contributed by atoms with E-state index in [0.29, 0.717) is 17.0 Å². The van der Waals surface area contributed by atoms with Crippen molar-refractivity contribution in [1.82, 2.24) is 10.2 Å². The van der Waals surface area contributed by atoms with Crippen LogP contribution < -0.4 is 20.1 Å². The molecular formula is C20H18FN3O5. The highest BCUT2D eigenvalue weighted by atomic mass is 19.1. The van der Waals surface area contributed by atoms with Crippen LogP contribution in [0.2, 0.25) is 0 Å². The number of benzene rings is 2. The van der Waals surface area contributed by atoms with Crippen LogP contribution in [-0.4, -0.2) is 43.5 Å². The van der Waals surface area contributed by atoms with Crippen LogP contribution in [0.25, 0.3) is 6.08 Å². The van der Waals surface area contributed by atoms with Gasteiger partial charge >= 0.3 is 6.03 Å². The molecule has 3 rings (SSSR count). The topological polar surface area (TPSA) is 97.0 Å². The smallest absolute Gasteiger partial charge is 0.328 e. The Morgan fingerprint density at radius 2 is 1.93 bits per heavy atom. The number of methoxy groups -OCH3 is 1. The first-order valence-corrected chi connectivity index (χ1v) is 8.55. The van der Waals surface area contributed by atoms with Gasteiger partial charge in [0.05, 0.1) is 7.11 Å². The molecule has 29 heavy (non-hydrogen) atoms. The third kappa shape index (κ3) is 4.52. The predicted molar refractivity (Wildman–Crippen MR) is 103 cm³/mol. The molecular weight excluding hydrogens is 381 g/mol. The summed E-state index contributed by atoms with van der Waals surface area (Å²) in [6.07, 6.45) is 1.44. The molecule has 150 valence electrons. The quantitative estimate of drug-likeness (QED) is 0.574. The summed E-state index contributed by atoms with van der Waals surface area (Å²) >= 11 is 0. The van der Waals surface area contributed by atoms with E-state index in [1.54, 1.807) is 18.2 Å². The van der Waals surface area contributed by atoms with Crippen molar-refractivity contribution in [2.75, 3.05) is 26.1 Å². The van der Waals surface area contributed by atoms with Crippen molar-refractivity contribution in [3.63, 3.8) is 0 Å². The molecule has 0 spiro atoms. The normalized spacial score (nSPS) is 14.7. The number of imide groups is 1. The Morgan fingerprint density at radius 1 is 1.21 bits per heavy atom. The zero-order valence-electron chi connectivity index (χ0n) is 15.7. The molecule has 4 amide bonds. The molecule has 0 atom stereocenters. The van der Waals surface area contributed by atoms with E-state index in [9.17, 15) is 18.8 Å². The molecule has 0 unspecified atom stereocenters. The average molecular weight is 399 g/mol. The summed E-state index contributed by atoms with van der Waals surface area (Å²) in [5.74, 6) is -0.790. The zero-order chi connectivity index (χ0) is 21.0. The van der Waals surface area contributed by atoms with Crippen LogP contribution >= 0.6 is 0 Å². The number of para-hydroxylation sites is 1. The maximum Gasteiger partial charge on any atom is 0.328 e. The number of anilines is 1. The zero-order valence-corrected chi connectivity index (χ0v) is 15.7. The van der Waals surface area contributed by atoms with Crippen LogP contribution in [0.5, 0.6) is 11.5 Å². The van der Waals surface area contributed by atoms with Crippen molar-refractivity contribution >= 4 is 29.6 Å². The van der Waals surface area contributed by atoms with Gasteiger partial charge in [-0.3, -0.25) is 14.5 Å². The number of likely N-dealkylation sites (N-methyl/N-ethyl adjacent to an activating group) is 1. The minimum Gasteiger partial charge on any atom is -0.493 e. The molecule has 0 bridgehead atoms. The van der Waals surface area contributed by atoms with Gasteiger partial charge in [-0.25, -0.2) is 9.18 Å². The third-order valence-corrected chi connectivity index (χ3v) is 4.09. The number of ether oxygens (including phenoxy) is 2. The Bertz CT molecular complexity index is 988. The minimum atomic E-state index is -0.537. The summed E-state index contributed by atoms with van der Waals surface area (Å²) in [6, 6.07) is 9.74. The highest BCUT2D eigenvalue weighted by Gasteiger charge is 2.30. The fourth-order valence-corrected chi connectivity index (χ4v) is 2.61. The van der Waals surface area contributed by atoms with Gasteiger partial charge in [0, 0.05) is 18.3 Å². The standard InChI is InChI=1S/C20H18FN3O5/c1-24-19(26)15(23-20(24)27)10-12-4-3-5-16(28-2)18(12)29-11-17(25)22-14-8-6-13(21)7-9-14/h3-10H,11H2,1-2H3,(H,22,25)(H,23,27)/b15-10+. The first-order chi connectivity index (χ1) is 13.9. The van der Waals surface area contributed by atoms with E-state index in [4.69, 9.17) is 9.47 Å². The molecule has 0 saturated carbocycles. The lowest BCUT2D eigenvalue weighted by atomic mass is 10.1. The minimum absolute atomic E-state index is 0.0753. The Labute approximate surface area is 165 Å². The third-order valence-electron chi connectivity index (χ3n) is 4.09. The highest BCUT2D eigenvalue weighted by Crippen LogP contribution is 2.33. The van der Waals surface area contributed by atoms with Gasteiger partial charge in [-0.15, -0.1) is 0 Å². The van der Waals surface area contributed by atoms with E-state index < -0.39 is 23.7 Å². The van der Waals surface area contributed by atoms with Gasteiger partial charge in [-0.2, -0.15) is 0 Å². The number of nitrogens with zero attached hydrogens (tertiary/aromatic N) is 1. The fourth-order valence-electron chi connectivity index (χ4n) is 2.61. The van der Waals surface area contributed by atoms with Crippen molar-refractivity contribution in [3.05, 3.63) is 59.5 Å². The number of carbonyl (C=O) groups excluding carboxylic acids is 3. The van der Waals surface area contributed by atoms with E-state index in [1.165, 1.54) is 44.5 Å². The van der Waals surface area contributed by atoms with E-state index >= 15 is 0 Å². The molecule has 2 aromatic carbocycles. The number of halogens is 1. The Balaban J connectivity index is 1.78. The van der Waals surface area contributed by atoms with Gasteiger partial charge in [0.15, 0.2) is 18.1 Å². The van der Waals surface area contributed by atoms with Crippen LogP contribution in [0.15, 0.2) is 48.2 Å².